The Morgan fingerprint density at radius 3 is 2.78 bits per heavy atom. The molecule has 7 nitrogen and oxygen atoms in total. The summed E-state index contributed by atoms with van der Waals surface area (Å²) < 4.78 is 13.7. The second-order valence-electron chi connectivity index (χ2n) is 8.96. The third-order valence-electron chi connectivity index (χ3n) is 6.08. The normalized spacial score (nSPS) is 11.7. The van der Waals surface area contributed by atoms with Crippen LogP contribution in [0.15, 0.2) is 71.4 Å². The highest BCUT2D eigenvalue weighted by atomic mass is 32.2. The van der Waals surface area contributed by atoms with E-state index in [1.807, 2.05) is 48.5 Å². The summed E-state index contributed by atoms with van der Waals surface area (Å²) in [7, 11) is 5.82. The zero-order chi connectivity index (χ0) is 24.9. The lowest BCUT2D eigenvalue weighted by molar-refractivity contribution is 0.344. The van der Waals surface area contributed by atoms with Gasteiger partial charge in [0, 0.05) is 29.8 Å². The summed E-state index contributed by atoms with van der Waals surface area (Å²) in [6.45, 7) is 2.47. The number of fused-ring (bicyclic) bond motifs is 3. The molecule has 5 aromatic rings. The number of pyridine rings is 1. The monoisotopic (exact) mass is 501 g/mol. The molecule has 0 amide bonds. The molecule has 3 heterocycles. The van der Waals surface area contributed by atoms with Gasteiger partial charge >= 0.3 is 0 Å². The van der Waals surface area contributed by atoms with Gasteiger partial charge < -0.3 is 19.4 Å². The van der Waals surface area contributed by atoms with Gasteiger partial charge in [-0.1, -0.05) is 30.3 Å². The van der Waals surface area contributed by atoms with Crippen molar-refractivity contribution in [3.8, 4) is 16.9 Å². The Morgan fingerprint density at radius 2 is 1.92 bits per heavy atom. The third kappa shape index (κ3) is 5.26. The number of furan rings is 1. The summed E-state index contributed by atoms with van der Waals surface area (Å²) >= 11 is 1.87. The van der Waals surface area contributed by atoms with Crippen molar-refractivity contribution in [1.82, 2.24) is 24.8 Å². The molecule has 0 saturated carbocycles. The van der Waals surface area contributed by atoms with E-state index in [4.69, 9.17) is 9.15 Å². The van der Waals surface area contributed by atoms with Crippen LogP contribution in [0.3, 0.4) is 0 Å². The first kappa shape index (κ1) is 24.4. The zero-order valence-corrected chi connectivity index (χ0v) is 21.7. The maximum Gasteiger partial charge on any atom is 0.161 e. The molecule has 0 radical (unpaired) electrons. The first-order valence-electron chi connectivity index (χ1n) is 12.0. The molecule has 0 aliphatic heterocycles. The summed E-state index contributed by atoms with van der Waals surface area (Å²) in [6, 6.07) is 20.8. The van der Waals surface area contributed by atoms with E-state index in [2.05, 4.69) is 62.9 Å². The van der Waals surface area contributed by atoms with Crippen molar-refractivity contribution in [2.75, 3.05) is 33.5 Å². The standard InChI is InChI=1S/C28H31N5O2S/c1-32(2)17-21-11-12-22(35-21)18-36-14-13-29-16-20-7-6-10-26(34-3)28(20)24-15-27-31-30-19-33(27)25-9-5-4-8-23(24)25/h4-12,15,19,29H,13-14,16-18H2,1-3H3. The van der Waals surface area contributed by atoms with Gasteiger partial charge in [0.2, 0.25) is 0 Å². The molecule has 1 N–H and O–H groups in total. The molecule has 186 valence electrons. The van der Waals surface area contributed by atoms with Crippen molar-refractivity contribution in [3.05, 3.63) is 84.1 Å². The molecular weight excluding hydrogens is 470 g/mol. The third-order valence-corrected chi connectivity index (χ3v) is 7.06. The van der Waals surface area contributed by atoms with E-state index in [0.717, 1.165) is 76.1 Å². The van der Waals surface area contributed by atoms with Crippen LogP contribution in [-0.2, 0) is 18.8 Å². The number of nitrogens with one attached hydrogen (secondary N) is 1. The highest BCUT2D eigenvalue weighted by molar-refractivity contribution is 7.98. The van der Waals surface area contributed by atoms with E-state index < -0.39 is 0 Å². The lowest BCUT2D eigenvalue weighted by Gasteiger charge is -2.17. The number of methoxy groups -OCH3 is 1. The number of rotatable bonds is 11. The van der Waals surface area contributed by atoms with E-state index in [9.17, 15) is 0 Å². The summed E-state index contributed by atoms with van der Waals surface area (Å²) in [5.41, 5.74) is 5.26. The van der Waals surface area contributed by atoms with Gasteiger partial charge in [0.05, 0.1) is 24.9 Å². The first-order valence-corrected chi connectivity index (χ1v) is 13.2. The van der Waals surface area contributed by atoms with Gasteiger partial charge in [-0.15, -0.1) is 10.2 Å². The molecule has 0 spiro atoms. The summed E-state index contributed by atoms with van der Waals surface area (Å²) in [5.74, 6) is 4.77. The van der Waals surface area contributed by atoms with Crippen LogP contribution >= 0.6 is 11.8 Å². The van der Waals surface area contributed by atoms with Crippen LogP contribution in [0, 0.1) is 0 Å². The fourth-order valence-electron chi connectivity index (χ4n) is 4.49. The van der Waals surface area contributed by atoms with E-state index in [1.165, 1.54) is 5.56 Å². The number of hydrogen-bond donors (Lipinski definition) is 1. The molecule has 0 aliphatic rings. The Balaban J connectivity index is 1.29. The van der Waals surface area contributed by atoms with Gasteiger partial charge in [-0.2, -0.15) is 11.8 Å². The van der Waals surface area contributed by atoms with E-state index >= 15 is 0 Å². The topological polar surface area (TPSA) is 67.8 Å². The van der Waals surface area contributed by atoms with Crippen molar-refractivity contribution in [2.24, 2.45) is 0 Å². The predicted molar refractivity (Wildman–Crippen MR) is 146 cm³/mol. The fraction of sp³-hybridized carbons (Fsp3) is 0.286. The highest BCUT2D eigenvalue weighted by Gasteiger charge is 2.16. The molecule has 0 unspecified atom stereocenters. The van der Waals surface area contributed by atoms with E-state index in [1.54, 1.807) is 13.4 Å². The molecule has 0 atom stereocenters. The van der Waals surface area contributed by atoms with Gasteiger partial charge in [0.25, 0.3) is 0 Å². The maximum atomic E-state index is 5.91. The summed E-state index contributed by atoms with van der Waals surface area (Å²) in [4.78, 5) is 2.11. The molecule has 8 heteroatoms. The Morgan fingerprint density at radius 1 is 1.06 bits per heavy atom. The van der Waals surface area contributed by atoms with Crippen LogP contribution in [0.25, 0.3) is 27.7 Å². The average molecular weight is 502 g/mol. The van der Waals surface area contributed by atoms with Crippen LogP contribution < -0.4 is 10.1 Å². The zero-order valence-electron chi connectivity index (χ0n) is 20.9. The molecule has 36 heavy (non-hydrogen) atoms. The van der Waals surface area contributed by atoms with Crippen molar-refractivity contribution in [2.45, 2.75) is 18.8 Å². The minimum Gasteiger partial charge on any atom is -0.496 e. The maximum absolute atomic E-state index is 5.91. The van der Waals surface area contributed by atoms with Crippen LogP contribution in [0.2, 0.25) is 0 Å². The Bertz CT molecular complexity index is 1460. The van der Waals surface area contributed by atoms with Gasteiger partial charge in [0.1, 0.15) is 23.6 Å². The summed E-state index contributed by atoms with van der Waals surface area (Å²) in [5, 5.41) is 13.2. The van der Waals surface area contributed by atoms with Crippen molar-refractivity contribution >= 4 is 28.3 Å². The van der Waals surface area contributed by atoms with E-state index in [0.29, 0.717) is 0 Å². The molecule has 0 aliphatic carbocycles. The minimum atomic E-state index is 0.743. The van der Waals surface area contributed by atoms with Crippen LogP contribution in [-0.4, -0.2) is 53.0 Å². The SMILES string of the molecule is COc1cccc(CNCCSCc2ccc(CN(C)C)o2)c1-c1cc2nncn2c2ccccc12. The number of para-hydroxylation sites is 1. The minimum absolute atomic E-state index is 0.743. The second-order valence-corrected chi connectivity index (χ2v) is 10.1. The molecule has 0 fully saturated rings. The Hall–Kier alpha value is -3.33. The lowest BCUT2D eigenvalue weighted by atomic mass is 9.95. The molecule has 2 aromatic carbocycles. The number of hydrogen-bond acceptors (Lipinski definition) is 7. The largest absolute Gasteiger partial charge is 0.496 e. The number of thioether (sulfide) groups is 1. The lowest BCUT2D eigenvalue weighted by Crippen LogP contribution is -2.17. The van der Waals surface area contributed by atoms with E-state index in [-0.39, 0.29) is 0 Å². The van der Waals surface area contributed by atoms with Crippen LogP contribution in [0.1, 0.15) is 17.1 Å². The Labute approximate surface area is 215 Å². The molecule has 0 saturated heterocycles. The number of aromatic nitrogens is 3. The van der Waals surface area contributed by atoms with Crippen molar-refractivity contribution in [1.29, 1.82) is 0 Å². The highest BCUT2D eigenvalue weighted by Crippen LogP contribution is 2.38. The van der Waals surface area contributed by atoms with Gasteiger partial charge in [0.15, 0.2) is 5.65 Å². The van der Waals surface area contributed by atoms with Crippen molar-refractivity contribution < 1.29 is 9.15 Å². The average Bonchev–Trinajstić information content (AvgIpc) is 3.54. The fourth-order valence-corrected chi connectivity index (χ4v) is 5.28. The van der Waals surface area contributed by atoms with Gasteiger partial charge in [-0.3, -0.25) is 4.40 Å². The predicted octanol–water partition coefficient (Wildman–Crippen LogP) is 5.24. The molecule has 3 aromatic heterocycles. The van der Waals surface area contributed by atoms with Crippen molar-refractivity contribution in [3.63, 3.8) is 0 Å². The smallest absolute Gasteiger partial charge is 0.161 e. The Kier molecular flexibility index (Phi) is 7.55. The first-order chi connectivity index (χ1) is 17.6. The molecular formula is C28H31N5O2S. The van der Waals surface area contributed by atoms with Gasteiger partial charge in [-0.25, -0.2) is 0 Å². The second kappa shape index (κ2) is 11.2. The van der Waals surface area contributed by atoms with Gasteiger partial charge in [-0.05, 0) is 55.6 Å². The number of ether oxygens (including phenoxy) is 1. The number of nitrogens with zero attached hydrogens (tertiary/aromatic N) is 4. The van der Waals surface area contributed by atoms with Crippen LogP contribution in [0.5, 0.6) is 5.75 Å². The molecule has 0 bridgehead atoms. The number of benzene rings is 2. The van der Waals surface area contributed by atoms with Crippen LogP contribution in [0.4, 0.5) is 0 Å². The quantitative estimate of drug-likeness (QED) is 0.248. The summed E-state index contributed by atoms with van der Waals surface area (Å²) in [6.07, 6.45) is 1.76. The molecule has 5 rings (SSSR count).